The van der Waals surface area contributed by atoms with Gasteiger partial charge in [-0.2, -0.15) is 0 Å². The van der Waals surface area contributed by atoms with Crippen molar-refractivity contribution in [2.75, 3.05) is 5.32 Å². The monoisotopic (exact) mass is 522 g/mol. The third-order valence-electron chi connectivity index (χ3n) is 5.41. The van der Waals surface area contributed by atoms with Crippen LogP contribution in [0.2, 0.25) is 0 Å². The summed E-state index contributed by atoms with van der Waals surface area (Å²) in [4.78, 5) is 51.7. The van der Waals surface area contributed by atoms with Crippen molar-refractivity contribution in [2.45, 2.75) is 31.8 Å². The summed E-state index contributed by atoms with van der Waals surface area (Å²) in [5.41, 5.74) is 6.83. The number of rotatable bonds is 5. The Labute approximate surface area is 196 Å². The maximum atomic E-state index is 12.8. The van der Waals surface area contributed by atoms with Crippen LogP contribution in [0.25, 0.3) is 11.0 Å². The van der Waals surface area contributed by atoms with E-state index in [1.807, 2.05) is 6.07 Å². The number of carbonyl (C=O) groups excluding carboxylic acids is 1. The topological polar surface area (TPSA) is 147 Å². The number of carboxylic acids is 1. The van der Waals surface area contributed by atoms with Crippen LogP contribution in [0.15, 0.2) is 44.4 Å². The highest BCUT2D eigenvalue weighted by atomic mass is 79.9. The lowest BCUT2D eigenvalue weighted by Gasteiger charge is -2.27. The molecule has 3 aromatic rings. The summed E-state index contributed by atoms with van der Waals surface area (Å²) in [5.74, 6) is -1.64. The first-order valence-corrected chi connectivity index (χ1v) is 10.4. The van der Waals surface area contributed by atoms with Crippen LogP contribution < -0.4 is 22.2 Å². The van der Waals surface area contributed by atoms with Crippen LogP contribution in [0.5, 0.6) is 0 Å². The Hall–Kier alpha value is -2.95. The van der Waals surface area contributed by atoms with Gasteiger partial charge in [0.1, 0.15) is 0 Å². The van der Waals surface area contributed by atoms with Crippen molar-refractivity contribution in [2.24, 2.45) is 5.73 Å². The largest absolute Gasteiger partial charge is 0.478 e. The Bertz CT molecular complexity index is 1350. The van der Waals surface area contributed by atoms with E-state index in [2.05, 4.69) is 26.2 Å². The molecule has 0 saturated carbocycles. The molecule has 4 rings (SSSR count). The van der Waals surface area contributed by atoms with Gasteiger partial charge in [0.15, 0.2) is 0 Å². The van der Waals surface area contributed by atoms with Crippen molar-refractivity contribution < 1.29 is 14.7 Å². The number of aromatic amines is 1. The fourth-order valence-corrected chi connectivity index (χ4v) is 4.53. The number of aromatic carboxylic acids is 1. The zero-order valence-corrected chi connectivity index (χ0v) is 19.1. The standard InChI is InChI=1S/C21H19BrN4O5.ClH/c22-12-6-11-2-3-13(26-18(11)16(7-12)25-19(28)20(26)29)8-17(27)24-15-4-1-10(9-23)5-14(15)21(30)31;/h1,4-7,13H,2-3,8-9,23H2,(H,24,27)(H,25,28)(H,30,31);1H/t13-;/m0./s1. The quantitative estimate of drug-likeness (QED) is 0.378. The lowest BCUT2D eigenvalue weighted by atomic mass is 9.96. The minimum atomic E-state index is -1.18. The normalized spacial score (nSPS) is 14.6. The van der Waals surface area contributed by atoms with E-state index in [-0.39, 0.29) is 36.6 Å². The summed E-state index contributed by atoms with van der Waals surface area (Å²) < 4.78 is 2.17. The molecule has 0 bridgehead atoms. The predicted octanol–water partition coefficient (Wildman–Crippen LogP) is 2.55. The number of H-pyrrole nitrogens is 1. The van der Waals surface area contributed by atoms with E-state index in [1.165, 1.54) is 16.7 Å². The number of aryl methyl sites for hydroxylation is 1. The van der Waals surface area contributed by atoms with Crippen molar-refractivity contribution in [3.8, 4) is 0 Å². The third-order valence-corrected chi connectivity index (χ3v) is 5.87. The highest BCUT2D eigenvalue weighted by Gasteiger charge is 2.27. The Morgan fingerprint density at radius 1 is 1.25 bits per heavy atom. The fourth-order valence-electron chi connectivity index (χ4n) is 4.03. The molecule has 32 heavy (non-hydrogen) atoms. The number of carbonyl (C=O) groups is 2. The molecule has 168 valence electrons. The van der Waals surface area contributed by atoms with Crippen LogP contribution in [0.1, 0.15) is 40.4 Å². The molecule has 0 fully saturated rings. The van der Waals surface area contributed by atoms with E-state index >= 15 is 0 Å². The number of carboxylic acid groups (broad SMARTS) is 1. The van der Waals surface area contributed by atoms with Crippen molar-refractivity contribution >= 4 is 56.9 Å². The number of benzene rings is 2. The van der Waals surface area contributed by atoms with Gasteiger partial charge in [0.25, 0.3) is 0 Å². The molecule has 2 aromatic carbocycles. The first-order chi connectivity index (χ1) is 14.8. The number of halogens is 2. The average molecular weight is 524 g/mol. The second-order valence-corrected chi connectivity index (χ2v) is 8.34. The Balaban J connectivity index is 0.00000289. The molecule has 5 N–H and O–H groups in total. The third kappa shape index (κ3) is 4.34. The molecule has 0 unspecified atom stereocenters. The van der Waals surface area contributed by atoms with E-state index in [0.717, 1.165) is 10.0 Å². The second kappa shape index (κ2) is 9.27. The highest BCUT2D eigenvalue weighted by Crippen LogP contribution is 2.32. The van der Waals surface area contributed by atoms with Gasteiger partial charge in [-0.1, -0.05) is 22.0 Å². The number of hydrogen-bond donors (Lipinski definition) is 4. The Morgan fingerprint density at radius 3 is 2.69 bits per heavy atom. The van der Waals surface area contributed by atoms with E-state index in [9.17, 15) is 24.3 Å². The summed E-state index contributed by atoms with van der Waals surface area (Å²) in [7, 11) is 0. The lowest BCUT2D eigenvalue weighted by molar-refractivity contribution is -0.117. The maximum Gasteiger partial charge on any atom is 0.337 e. The first kappa shape index (κ1) is 23.7. The zero-order valence-electron chi connectivity index (χ0n) is 16.7. The van der Waals surface area contributed by atoms with Gasteiger partial charge in [-0.3, -0.25) is 19.0 Å². The SMILES string of the molecule is Cl.NCc1ccc(NC(=O)C[C@@H]2CCc3cc(Br)cc4[nH]c(=O)c(=O)n2c34)c(C(=O)O)c1. The summed E-state index contributed by atoms with van der Waals surface area (Å²) in [6.07, 6.45) is 1.05. The van der Waals surface area contributed by atoms with Crippen LogP contribution >= 0.6 is 28.3 Å². The van der Waals surface area contributed by atoms with Crippen molar-refractivity contribution in [3.05, 3.63) is 72.2 Å². The molecule has 11 heteroatoms. The molecule has 1 aliphatic heterocycles. The smallest absolute Gasteiger partial charge is 0.337 e. The van der Waals surface area contributed by atoms with E-state index in [4.69, 9.17) is 5.73 Å². The van der Waals surface area contributed by atoms with Crippen molar-refractivity contribution in [3.63, 3.8) is 0 Å². The Kier molecular flexibility index (Phi) is 6.87. The number of nitrogens with two attached hydrogens (primary N) is 1. The Morgan fingerprint density at radius 2 is 2.00 bits per heavy atom. The van der Waals surface area contributed by atoms with E-state index in [1.54, 1.807) is 12.1 Å². The summed E-state index contributed by atoms with van der Waals surface area (Å²) in [6, 6.07) is 7.64. The molecule has 0 aliphatic carbocycles. The molecule has 0 saturated heterocycles. The van der Waals surface area contributed by atoms with Gasteiger partial charge >= 0.3 is 17.1 Å². The number of nitrogens with one attached hydrogen (secondary N) is 2. The summed E-state index contributed by atoms with van der Waals surface area (Å²) in [5, 5.41) is 12.1. The number of amides is 1. The average Bonchev–Trinajstić information content (AvgIpc) is 2.72. The van der Waals surface area contributed by atoms with E-state index < -0.39 is 29.0 Å². The number of anilines is 1. The molecule has 2 heterocycles. The maximum absolute atomic E-state index is 12.8. The molecule has 1 aliphatic rings. The van der Waals surface area contributed by atoms with Gasteiger partial charge in [-0.25, -0.2) is 4.79 Å². The van der Waals surface area contributed by atoms with Gasteiger partial charge in [-0.15, -0.1) is 12.4 Å². The van der Waals surface area contributed by atoms with Gasteiger partial charge < -0.3 is 21.1 Å². The van der Waals surface area contributed by atoms with Gasteiger partial charge in [-0.05, 0) is 48.2 Å². The van der Waals surface area contributed by atoms with Crippen LogP contribution in [0.4, 0.5) is 5.69 Å². The molecular formula is C21H20BrClN4O5. The van der Waals surface area contributed by atoms with Crippen molar-refractivity contribution in [1.82, 2.24) is 9.55 Å². The van der Waals surface area contributed by atoms with Crippen LogP contribution in [-0.4, -0.2) is 26.5 Å². The highest BCUT2D eigenvalue weighted by molar-refractivity contribution is 9.10. The zero-order chi connectivity index (χ0) is 22.3. The van der Waals surface area contributed by atoms with Gasteiger partial charge in [0, 0.05) is 23.5 Å². The van der Waals surface area contributed by atoms with E-state index in [0.29, 0.717) is 29.4 Å². The second-order valence-electron chi connectivity index (χ2n) is 7.42. The minimum absolute atomic E-state index is 0. The minimum Gasteiger partial charge on any atom is -0.478 e. The number of nitrogens with zero attached hydrogens (tertiary/aromatic N) is 1. The predicted molar refractivity (Wildman–Crippen MR) is 126 cm³/mol. The van der Waals surface area contributed by atoms with Gasteiger partial charge in [0.05, 0.1) is 22.3 Å². The van der Waals surface area contributed by atoms with Crippen LogP contribution in [0.3, 0.4) is 0 Å². The molecular weight excluding hydrogens is 504 g/mol. The first-order valence-electron chi connectivity index (χ1n) is 9.61. The molecule has 0 radical (unpaired) electrons. The molecule has 1 atom stereocenters. The fraction of sp³-hybridized carbons (Fsp3) is 0.238. The number of hydrogen-bond acceptors (Lipinski definition) is 5. The summed E-state index contributed by atoms with van der Waals surface area (Å²) >= 11 is 3.41. The molecule has 1 amide bonds. The lowest BCUT2D eigenvalue weighted by Crippen LogP contribution is -2.41. The van der Waals surface area contributed by atoms with Gasteiger partial charge in [0.2, 0.25) is 5.91 Å². The van der Waals surface area contributed by atoms with Crippen molar-refractivity contribution in [1.29, 1.82) is 0 Å². The number of aromatic nitrogens is 2. The molecule has 1 aromatic heterocycles. The summed E-state index contributed by atoms with van der Waals surface area (Å²) in [6.45, 7) is 0.174. The van der Waals surface area contributed by atoms with Crippen LogP contribution in [0, 0.1) is 0 Å². The molecule has 9 nitrogen and oxygen atoms in total. The van der Waals surface area contributed by atoms with Crippen LogP contribution in [-0.2, 0) is 17.8 Å². The molecule has 0 spiro atoms.